The zero-order valence-corrected chi connectivity index (χ0v) is 9.96. The standard InChI is InChI=1S/C14H18N2/c1-10-5-3-8-14(12(10)9-15)16-13-7-4-6-11(13)2/h3,5,8,11,13,16H,4,6-7H2,1-2H3. The zero-order valence-electron chi connectivity index (χ0n) is 9.96. The number of aryl methyl sites for hydroxylation is 1. The highest BCUT2D eigenvalue weighted by molar-refractivity contribution is 5.61. The van der Waals surface area contributed by atoms with E-state index >= 15 is 0 Å². The van der Waals surface area contributed by atoms with Crippen molar-refractivity contribution in [3.63, 3.8) is 0 Å². The third kappa shape index (κ3) is 2.04. The summed E-state index contributed by atoms with van der Waals surface area (Å²) in [5, 5.41) is 12.7. The first-order valence-corrected chi connectivity index (χ1v) is 5.98. The molecule has 0 aliphatic heterocycles. The Kier molecular flexibility index (Phi) is 3.14. The number of benzene rings is 1. The highest BCUT2D eigenvalue weighted by Gasteiger charge is 2.23. The summed E-state index contributed by atoms with van der Waals surface area (Å²) >= 11 is 0. The van der Waals surface area contributed by atoms with Crippen LogP contribution < -0.4 is 5.32 Å². The van der Waals surface area contributed by atoms with Crippen molar-refractivity contribution in [3.8, 4) is 6.07 Å². The molecule has 2 atom stereocenters. The fraction of sp³-hybridized carbons (Fsp3) is 0.500. The molecular weight excluding hydrogens is 196 g/mol. The molecule has 1 aromatic carbocycles. The molecule has 0 radical (unpaired) electrons. The Hall–Kier alpha value is -1.49. The highest BCUT2D eigenvalue weighted by Crippen LogP contribution is 2.29. The average Bonchev–Trinajstić information content (AvgIpc) is 2.65. The molecular formula is C14H18N2. The van der Waals surface area contributed by atoms with E-state index in [2.05, 4.69) is 18.3 Å². The van der Waals surface area contributed by atoms with E-state index in [4.69, 9.17) is 5.26 Å². The topological polar surface area (TPSA) is 35.8 Å². The Morgan fingerprint density at radius 2 is 2.19 bits per heavy atom. The predicted octanol–water partition coefficient (Wildman–Crippen LogP) is 3.47. The van der Waals surface area contributed by atoms with E-state index < -0.39 is 0 Å². The molecule has 1 N–H and O–H groups in total. The number of hydrogen-bond donors (Lipinski definition) is 1. The molecule has 2 unspecified atom stereocenters. The fourth-order valence-corrected chi connectivity index (χ4v) is 2.50. The van der Waals surface area contributed by atoms with Crippen LogP contribution in [0.4, 0.5) is 5.69 Å². The smallest absolute Gasteiger partial charge is 0.102 e. The minimum atomic E-state index is 0.536. The van der Waals surface area contributed by atoms with Gasteiger partial charge in [0.1, 0.15) is 6.07 Å². The van der Waals surface area contributed by atoms with E-state index in [0.717, 1.165) is 16.8 Å². The lowest BCUT2D eigenvalue weighted by molar-refractivity contribution is 0.556. The molecule has 16 heavy (non-hydrogen) atoms. The SMILES string of the molecule is Cc1cccc(NC2CCCC2C)c1C#N. The van der Waals surface area contributed by atoms with Crippen LogP contribution in [0.3, 0.4) is 0 Å². The summed E-state index contributed by atoms with van der Waals surface area (Å²) in [4.78, 5) is 0. The van der Waals surface area contributed by atoms with Gasteiger partial charge in [-0.05, 0) is 37.3 Å². The summed E-state index contributed by atoms with van der Waals surface area (Å²) < 4.78 is 0. The highest BCUT2D eigenvalue weighted by atomic mass is 14.9. The van der Waals surface area contributed by atoms with Crippen molar-refractivity contribution in [1.82, 2.24) is 0 Å². The summed E-state index contributed by atoms with van der Waals surface area (Å²) in [6.07, 6.45) is 3.82. The van der Waals surface area contributed by atoms with Gasteiger partial charge >= 0.3 is 0 Å². The van der Waals surface area contributed by atoms with Gasteiger partial charge < -0.3 is 5.32 Å². The normalized spacial score (nSPS) is 24.1. The van der Waals surface area contributed by atoms with Crippen molar-refractivity contribution in [2.24, 2.45) is 5.92 Å². The minimum Gasteiger partial charge on any atom is -0.381 e. The maximum atomic E-state index is 9.15. The number of nitrogens with zero attached hydrogens (tertiary/aromatic N) is 1. The molecule has 84 valence electrons. The second-order valence-corrected chi connectivity index (χ2v) is 4.77. The van der Waals surface area contributed by atoms with Gasteiger partial charge in [-0.3, -0.25) is 0 Å². The van der Waals surface area contributed by atoms with Gasteiger partial charge in [0.25, 0.3) is 0 Å². The van der Waals surface area contributed by atoms with Crippen molar-refractivity contribution in [3.05, 3.63) is 29.3 Å². The Morgan fingerprint density at radius 1 is 1.38 bits per heavy atom. The Morgan fingerprint density at radius 3 is 2.81 bits per heavy atom. The van der Waals surface area contributed by atoms with Crippen LogP contribution in [0.1, 0.15) is 37.3 Å². The van der Waals surface area contributed by atoms with E-state index in [1.54, 1.807) is 0 Å². The van der Waals surface area contributed by atoms with Crippen LogP contribution in [0, 0.1) is 24.2 Å². The molecule has 0 bridgehead atoms. The van der Waals surface area contributed by atoms with Crippen molar-refractivity contribution in [2.75, 3.05) is 5.32 Å². The second-order valence-electron chi connectivity index (χ2n) is 4.77. The second kappa shape index (κ2) is 4.57. The molecule has 1 saturated carbocycles. The van der Waals surface area contributed by atoms with Crippen molar-refractivity contribution < 1.29 is 0 Å². The Labute approximate surface area is 97.3 Å². The van der Waals surface area contributed by atoms with E-state index in [9.17, 15) is 0 Å². The van der Waals surface area contributed by atoms with E-state index in [1.807, 2.05) is 25.1 Å². The monoisotopic (exact) mass is 214 g/mol. The number of nitrogens with one attached hydrogen (secondary N) is 1. The van der Waals surface area contributed by atoms with Gasteiger partial charge in [0, 0.05) is 6.04 Å². The lowest BCUT2D eigenvalue weighted by atomic mass is 10.0. The molecule has 2 nitrogen and oxygen atoms in total. The molecule has 0 aromatic heterocycles. The van der Waals surface area contributed by atoms with Gasteiger partial charge in [-0.1, -0.05) is 25.5 Å². The van der Waals surface area contributed by atoms with Crippen LogP contribution in [-0.2, 0) is 0 Å². The van der Waals surface area contributed by atoms with Gasteiger partial charge in [-0.15, -0.1) is 0 Å². The largest absolute Gasteiger partial charge is 0.381 e. The lowest BCUT2D eigenvalue weighted by Gasteiger charge is -2.20. The molecule has 1 aliphatic rings. The lowest BCUT2D eigenvalue weighted by Crippen LogP contribution is -2.22. The first-order chi connectivity index (χ1) is 7.72. The summed E-state index contributed by atoms with van der Waals surface area (Å²) in [6.45, 7) is 4.27. The first-order valence-electron chi connectivity index (χ1n) is 5.98. The third-order valence-electron chi connectivity index (χ3n) is 3.59. The van der Waals surface area contributed by atoms with Gasteiger partial charge in [-0.25, -0.2) is 0 Å². The third-order valence-corrected chi connectivity index (χ3v) is 3.59. The van der Waals surface area contributed by atoms with Crippen LogP contribution in [0.25, 0.3) is 0 Å². The number of anilines is 1. The molecule has 0 spiro atoms. The molecule has 0 amide bonds. The van der Waals surface area contributed by atoms with Crippen LogP contribution >= 0.6 is 0 Å². The van der Waals surface area contributed by atoms with Crippen LogP contribution in [-0.4, -0.2) is 6.04 Å². The Bertz CT molecular complexity index is 417. The molecule has 2 heteroatoms. The van der Waals surface area contributed by atoms with E-state index in [0.29, 0.717) is 12.0 Å². The summed E-state index contributed by atoms with van der Waals surface area (Å²) in [5.74, 6) is 0.715. The van der Waals surface area contributed by atoms with E-state index in [1.165, 1.54) is 19.3 Å². The minimum absolute atomic E-state index is 0.536. The predicted molar refractivity (Wildman–Crippen MR) is 66.3 cm³/mol. The molecule has 1 aliphatic carbocycles. The van der Waals surface area contributed by atoms with Crippen LogP contribution in [0.5, 0.6) is 0 Å². The van der Waals surface area contributed by atoms with Crippen molar-refractivity contribution in [2.45, 2.75) is 39.2 Å². The van der Waals surface area contributed by atoms with Gasteiger partial charge in [0.15, 0.2) is 0 Å². The molecule has 0 saturated heterocycles. The summed E-state index contributed by atoms with van der Waals surface area (Å²) in [6, 6.07) is 8.84. The maximum Gasteiger partial charge on any atom is 0.102 e. The molecule has 1 aromatic rings. The zero-order chi connectivity index (χ0) is 11.5. The van der Waals surface area contributed by atoms with Crippen LogP contribution in [0.15, 0.2) is 18.2 Å². The van der Waals surface area contributed by atoms with Crippen LogP contribution in [0.2, 0.25) is 0 Å². The molecule has 0 heterocycles. The van der Waals surface area contributed by atoms with Gasteiger partial charge in [0.05, 0.1) is 11.3 Å². The van der Waals surface area contributed by atoms with Crippen molar-refractivity contribution in [1.29, 1.82) is 5.26 Å². The van der Waals surface area contributed by atoms with Gasteiger partial charge in [-0.2, -0.15) is 5.26 Å². The fourth-order valence-electron chi connectivity index (χ4n) is 2.50. The number of rotatable bonds is 2. The maximum absolute atomic E-state index is 9.15. The molecule has 1 fully saturated rings. The summed E-state index contributed by atoms with van der Waals surface area (Å²) in [7, 11) is 0. The van der Waals surface area contributed by atoms with Gasteiger partial charge in [0.2, 0.25) is 0 Å². The summed E-state index contributed by atoms with van der Waals surface area (Å²) in [5.41, 5.74) is 2.85. The number of hydrogen-bond acceptors (Lipinski definition) is 2. The van der Waals surface area contributed by atoms with E-state index in [-0.39, 0.29) is 0 Å². The first kappa shape index (κ1) is 11.0. The van der Waals surface area contributed by atoms with Crippen molar-refractivity contribution >= 4 is 5.69 Å². The number of nitriles is 1. The average molecular weight is 214 g/mol. The molecule has 2 rings (SSSR count). The quantitative estimate of drug-likeness (QED) is 0.818. The Balaban J connectivity index is 2.21.